The van der Waals surface area contributed by atoms with E-state index >= 15 is 0 Å². The molecule has 0 aromatic heterocycles. The largest absolute Gasteiger partial charge is 0.376 e. The Balaban J connectivity index is 1.66. The number of nitrogens with one attached hydrogen (secondary N) is 2. The number of hydrogen-bond donors (Lipinski definition) is 2. The second-order valence-electron chi connectivity index (χ2n) is 8.85. The van der Waals surface area contributed by atoms with Crippen molar-refractivity contribution in [2.45, 2.75) is 63.1 Å². The molecule has 2 atom stereocenters. The van der Waals surface area contributed by atoms with Gasteiger partial charge in [0.1, 0.15) is 11.9 Å². The van der Waals surface area contributed by atoms with Crippen LogP contribution in [-0.4, -0.2) is 57.0 Å². The number of aryl methyl sites for hydroxylation is 1. The highest BCUT2D eigenvalue weighted by molar-refractivity contribution is 7.89. The van der Waals surface area contributed by atoms with Crippen molar-refractivity contribution in [2.24, 2.45) is 0 Å². The number of rotatable bonds is 12. The van der Waals surface area contributed by atoms with Gasteiger partial charge in [-0.05, 0) is 61.6 Å². The van der Waals surface area contributed by atoms with Gasteiger partial charge in [-0.15, -0.1) is 0 Å². The molecule has 10 heteroatoms. The maximum atomic E-state index is 13.4. The molecule has 196 valence electrons. The van der Waals surface area contributed by atoms with Crippen molar-refractivity contribution >= 4 is 21.8 Å². The van der Waals surface area contributed by atoms with E-state index in [1.54, 1.807) is 38.1 Å². The lowest BCUT2D eigenvalue weighted by molar-refractivity contribution is -0.140. The molecule has 1 aliphatic rings. The molecule has 0 aliphatic carbocycles. The fraction of sp³-hybridized carbons (Fsp3) is 0.462. The van der Waals surface area contributed by atoms with E-state index < -0.39 is 16.1 Å². The van der Waals surface area contributed by atoms with Crippen molar-refractivity contribution in [1.29, 1.82) is 0 Å². The molecule has 2 amide bonds. The Hall–Kier alpha value is -2.82. The van der Waals surface area contributed by atoms with Gasteiger partial charge in [0, 0.05) is 32.7 Å². The molecule has 1 saturated heterocycles. The molecule has 0 bridgehead atoms. The van der Waals surface area contributed by atoms with Crippen LogP contribution in [0.2, 0.25) is 0 Å². The van der Waals surface area contributed by atoms with E-state index in [1.807, 2.05) is 0 Å². The van der Waals surface area contributed by atoms with Gasteiger partial charge in [0.25, 0.3) is 0 Å². The lowest BCUT2D eigenvalue weighted by atomic mass is 10.1. The lowest BCUT2D eigenvalue weighted by Crippen LogP contribution is -2.49. The second kappa shape index (κ2) is 12.9. The topological polar surface area (TPSA) is 105 Å². The summed E-state index contributed by atoms with van der Waals surface area (Å²) in [6.07, 6.45) is 2.35. The highest BCUT2D eigenvalue weighted by Gasteiger charge is 2.27. The first-order chi connectivity index (χ1) is 17.2. The third-order valence-corrected chi connectivity index (χ3v) is 7.72. The summed E-state index contributed by atoms with van der Waals surface area (Å²) < 4.78 is 45.6. The zero-order valence-corrected chi connectivity index (χ0v) is 21.5. The van der Waals surface area contributed by atoms with E-state index in [2.05, 4.69) is 10.0 Å². The summed E-state index contributed by atoms with van der Waals surface area (Å²) >= 11 is 0. The first kappa shape index (κ1) is 27.8. The number of sulfonamides is 1. The zero-order valence-electron chi connectivity index (χ0n) is 20.7. The summed E-state index contributed by atoms with van der Waals surface area (Å²) in [6, 6.07) is 11.5. The first-order valence-electron chi connectivity index (χ1n) is 12.2. The number of carbonyl (C=O) groups excluding carboxylic acids is 2. The second-order valence-corrected chi connectivity index (χ2v) is 10.6. The van der Waals surface area contributed by atoms with Crippen LogP contribution in [0.5, 0.6) is 0 Å². The molecule has 2 aromatic carbocycles. The van der Waals surface area contributed by atoms with Crippen LogP contribution < -0.4 is 10.0 Å². The van der Waals surface area contributed by atoms with Gasteiger partial charge in [-0.2, -0.15) is 0 Å². The van der Waals surface area contributed by atoms with E-state index in [1.165, 1.54) is 29.2 Å². The van der Waals surface area contributed by atoms with Crippen LogP contribution in [0.15, 0.2) is 53.4 Å². The molecule has 2 N–H and O–H groups in total. The predicted molar refractivity (Wildman–Crippen MR) is 134 cm³/mol. The Kier molecular flexibility index (Phi) is 9.98. The summed E-state index contributed by atoms with van der Waals surface area (Å²) in [7, 11) is -3.55. The summed E-state index contributed by atoms with van der Waals surface area (Å²) in [4.78, 5) is 27.8. The van der Waals surface area contributed by atoms with Gasteiger partial charge in [-0.1, -0.05) is 31.2 Å². The zero-order chi connectivity index (χ0) is 26.1. The van der Waals surface area contributed by atoms with Crippen LogP contribution >= 0.6 is 0 Å². The fourth-order valence-corrected chi connectivity index (χ4v) is 5.08. The number of hydrogen-bond acceptors (Lipinski definition) is 5. The SMILES string of the molecule is CCNS(=O)(=O)c1ccc(CCC(=O)N(Cc2ccc(F)cc2)C(C)C(=O)NCC2CCCO2)cc1. The molecule has 1 fully saturated rings. The van der Waals surface area contributed by atoms with Crippen LogP contribution in [0.1, 0.15) is 44.2 Å². The first-order valence-corrected chi connectivity index (χ1v) is 13.7. The Labute approximate surface area is 212 Å². The van der Waals surface area contributed by atoms with Crippen molar-refractivity contribution in [3.8, 4) is 0 Å². The van der Waals surface area contributed by atoms with Gasteiger partial charge in [0.05, 0.1) is 11.0 Å². The molecule has 8 nitrogen and oxygen atoms in total. The summed E-state index contributed by atoms with van der Waals surface area (Å²) in [5.74, 6) is -0.888. The number of amides is 2. The van der Waals surface area contributed by atoms with Crippen molar-refractivity contribution in [3.63, 3.8) is 0 Å². The molecule has 0 saturated carbocycles. The number of ether oxygens (including phenoxy) is 1. The van der Waals surface area contributed by atoms with Crippen LogP contribution in [-0.2, 0) is 37.3 Å². The van der Waals surface area contributed by atoms with E-state index in [4.69, 9.17) is 4.74 Å². The Morgan fingerprint density at radius 1 is 1.11 bits per heavy atom. The number of benzene rings is 2. The highest BCUT2D eigenvalue weighted by atomic mass is 32.2. The third-order valence-electron chi connectivity index (χ3n) is 6.16. The van der Waals surface area contributed by atoms with Gasteiger partial charge in [-0.3, -0.25) is 9.59 Å². The van der Waals surface area contributed by atoms with Gasteiger partial charge in [0.15, 0.2) is 0 Å². The normalized spacial score (nSPS) is 16.5. The maximum Gasteiger partial charge on any atom is 0.242 e. The summed E-state index contributed by atoms with van der Waals surface area (Å²) in [5, 5.41) is 2.88. The van der Waals surface area contributed by atoms with Crippen LogP contribution in [0.4, 0.5) is 4.39 Å². The van der Waals surface area contributed by atoms with Crippen molar-refractivity contribution in [2.75, 3.05) is 19.7 Å². The standard InChI is InChI=1S/C26H34FN3O5S/c1-3-29-36(33,34)24-13-8-20(9-14-24)10-15-25(31)30(18-21-6-11-22(27)12-7-21)19(2)26(32)28-17-23-5-4-16-35-23/h6-9,11-14,19,23,29H,3-5,10,15-18H2,1-2H3,(H,28,32). The van der Waals surface area contributed by atoms with Gasteiger partial charge in [-0.25, -0.2) is 17.5 Å². The van der Waals surface area contributed by atoms with Crippen LogP contribution in [0.3, 0.4) is 0 Å². The van der Waals surface area contributed by atoms with Crippen LogP contribution in [0.25, 0.3) is 0 Å². The van der Waals surface area contributed by atoms with E-state index in [0.717, 1.165) is 18.4 Å². The molecule has 0 radical (unpaired) electrons. The van der Waals surface area contributed by atoms with Gasteiger partial charge < -0.3 is 15.0 Å². The summed E-state index contributed by atoms with van der Waals surface area (Å²) in [5.41, 5.74) is 1.51. The molecule has 2 unspecified atom stereocenters. The molecular formula is C26H34FN3O5S. The minimum absolute atomic E-state index is 0.0123. The lowest BCUT2D eigenvalue weighted by Gasteiger charge is -2.29. The number of carbonyl (C=O) groups is 2. The average Bonchev–Trinajstić information content (AvgIpc) is 3.39. The number of halogens is 1. The molecule has 0 spiro atoms. The molecule has 2 aromatic rings. The third kappa shape index (κ3) is 7.84. The average molecular weight is 520 g/mol. The Bertz CT molecular complexity index is 1120. The summed E-state index contributed by atoms with van der Waals surface area (Å²) in [6.45, 7) is 4.91. The monoisotopic (exact) mass is 519 g/mol. The van der Waals surface area contributed by atoms with Crippen molar-refractivity contribution < 1.29 is 27.1 Å². The van der Waals surface area contributed by atoms with E-state index in [9.17, 15) is 22.4 Å². The van der Waals surface area contributed by atoms with Gasteiger partial charge >= 0.3 is 0 Å². The number of nitrogens with zero attached hydrogens (tertiary/aromatic N) is 1. The Morgan fingerprint density at radius 3 is 2.39 bits per heavy atom. The Morgan fingerprint density at radius 2 is 1.78 bits per heavy atom. The molecular weight excluding hydrogens is 485 g/mol. The minimum Gasteiger partial charge on any atom is -0.376 e. The predicted octanol–water partition coefficient (Wildman–Crippen LogP) is 2.77. The molecule has 1 aliphatic heterocycles. The van der Waals surface area contributed by atoms with E-state index in [-0.39, 0.29) is 41.6 Å². The van der Waals surface area contributed by atoms with Crippen LogP contribution in [0, 0.1) is 5.82 Å². The quantitative estimate of drug-likeness (QED) is 0.449. The van der Waals surface area contributed by atoms with E-state index in [0.29, 0.717) is 31.7 Å². The molecule has 36 heavy (non-hydrogen) atoms. The molecule has 3 rings (SSSR count). The minimum atomic E-state index is -3.55. The fourth-order valence-electron chi connectivity index (χ4n) is 4.04. The molecule has 1 heterocycles. The smallest absolute Gasteiger partial charge is 0.242 e. The van der Waals surface area contributed by atoms with Crippen molar-refractivity contribution in [3.05, 3.63) is 65.5 Å². The maximum absolute atomic E-state index is 13.4. The van der Waals surface area contributed by atoms with Crippen molar-refractivity contribution in [1.82, 2.24) is 14.9 Å². The highest BCUT2D eigenvalue weighted by Crippen LogP contribution is 2.16. The van der Waals surface area contributed by atoms with Gasteiger partial charge in [0.2, 0.25) is 21.8 Å².